The molecule has 0 heterocycles. The first-order valence-corrected chi connectivity index (χ1v) is 10.9. The molecule has 164 valence electrons. The number of benzene rings is 1. The zero-order valence-electron chi connectivity index (χ0n) is 16.9. The van der Waals surface area contributed by atoms with Crippen LogP contribution in [0.25, 0.3) is 0 Å². The molecule has 29 heavy (non-hydrogen) atoms. The van der Waals surface area contributed by atoms with Crippen LogP contribution in [-0.2, 0) is 9.57 Å². The second-order valence-electron chi connectivity index (χ2n) is 6.58. The molecular weight excluding hydrogens is 460 g/mol. The van der Waals surface area contributed by atoms with Crippen LogP contribution >= 0.6 is 46.4 Å². The normalized spacial score (nSPS) is 11.4. The van der Waals surface area contributed by atoms with Gasteiger partial charge in [-0.05, 0) is 31.3 Å². The van der Waals surface area contributed by atoms with Crippen molar-refractivity contribution >= 4 is 52.3 Å². The van der Waals surface area contributed by atoms with Gasteiger partial charge in [0.1, 0.15) is 23.5 Å². The number of oxime groups is 1. The van der Waals surface area contributed by atoms with E-state index in [0.29, 0.717) is 53.2 Å². The fraction of sp³-hybridized carbons (Fsp3) is 0.550. The Kier molecular flexibility index (Phi) is 13.4. The molecule has 9 heteroatoms. The summed E-state index contributed by atoms with van der Waals surface area (Å²) in [7, 11) is 0. The van der Waals surface area contributed by atoms with E-state index in [0.717, 1.165) is 19.3 Å². The standard InChI is InChI=1S/C20H27Cl4NO4/c1-14(2)13-29-25-15(3)26-8-5-4-6-9-28-20-17(21)11-16(12-18(20)22)27-10-7-19(23)24/h7,11-12,14H,4-6,8-10,13H2,1-3H3. The predicted octanol–water partition coefficient (Wildman–Crippen LogP) is 7.26. The van der Waals surface area contributed by atoms with Crippen LogP contribution in [0.5, 0.6) is 11.5 Å². The minimum atomic E-state index is 0.134. The predicted molar refractivity (Wildman–Crippen MR) is 121 cm³/mol. The fourth-order valence-electron chi connectivity index (χ4n) is 2.04. The van der Waals surface area contributed by atoms with Gasteiger partial charge < -0.3 is 19.0 Å². The highest BCUT2D eigenvalue weighted by molar-refractivity contribution is 6.55. The zero-order valence-corrected chi connectivity index (χ0v) is 19.9. The molecule has 0 aromatic heterocycles. The summed E-state index contributed by atoms with van der Waals surface area (Å²) in [5.41, 5.74) is 0. The molecule has 0 radical (unpaired) electrons. The lowest BCUT2D eigenvalue weighted by Crippen LogP contribution is -2.05. The molecule has 0 atom stereocenters. The topological polar surface area (TPSA) is 49.3 Å². The van der Waals surface area contributed by atoms with Crippen molar-refractivity contribution in [1.29, 1.82) is 0 Å². The van der Waals surface area contributed by atoms with Crippen molar-refractivity contribution in [3.05, 3.63) is 32.7 Å². The first kappa shape index (κ1) is 26.0. The summed E-state index contributed by atoms with van der Waals surface area (Å²) >= 11 is 23.5. The average Bonchev–Trinajstić information content (AvgIpc) is 2.62. The number of hydrogen-bond acceptors (Lipinski definition) is 5. The van der Waals surface area contributed by atoms with Crippen LogP contribution in [0, 0.1) is 5.92 Å². The van der Waals surface area contributed by atoms with Crippen molar-refractivity contribution in [2.45, 2.75) is 40.0 Å². The molecule has 0 fully saturated rings. The van der Waals surface area contributed by atoms with Crippen LogP contribution < -0.4 is 9.47 Å². The molecule has 0 saturated carbocycles. The summed E-state index contributed by atoms with van der Waals surface area (Å²) < 4.78 is 16.8. The van der Waals surface area contributed by atoms with Gasteiger partial charge in [-0.15, -0.1) is 0 Å². The van der Waals surface area contributed by atoms with Gasteiger partial charge in [0.2, 0.25) is 5.90 Å². The summed E-state index contributed by atoms with van der Waals surface area (Å²) in [5, 5.41) is 4.66. The van der Waals surface area contributed by atoms with E-state index < -0.39 is 0 Å². The Morgan fingerprint density at radius 3 is 2.31 bits per heavy atom. The molecule has 0 amide bonds. The molecule has 0 spiro atoms. The Labute approximate surface area is 192 Å². The zero-order chi connectivity index (χ0) is 21.6. The summed E-state index contributed by atoms with van der Waals surface area (Å²) in [6, 6.07) is 3.27. The Morgan fingerprint density at radius 2 is 1.69 bits per heavy atom. The van der Waals surface area contributed by atoms with Gasteiger partial charge in [-0.1, -0.05) is 65.4 Å². The van der Waals surface area contributed by atoms with Gasteiger partial charge in [0, 0.05) is 19.1 Å². The Hall–Kier alpha value is -1.01. The fourth-order valence-corrected chi connectivity index (χ4v) is 2.74. The van der Waals surface area contributed by atoms with Crippen molar-refractivity contribution in [2.75, 3.05) is 26.4 Å². The van der Waals surface area contributed by atoms with Gasteiger partial charge in [-0.2, -0.15) is 0 Å². The Morgan fingerprint density at radius 1 is 1.03 bits per heavy atom. The monoisotopic (exact) mass is 485 g/mol. The molecule has 1 aromatic carbocycles. The Bertz CT molecular complexity index is 653. The molecule has 1 aromatic rings. The SMILES string of the molecule is CC(=NOCC(C)C)OCCCCCOc1c(Cl)cc(OCC=C(Cl)Cl)cc1Cl. The maximum atomic E-state index is 6.23. The molecule has 5 nitrogen and oxygen atoms in total. The average molecular weight is 487 g/mol. The first-order valence-electron chi connectivity index (χ1n) is 9.34. The minimum Gasteiger partial charge on any atom is -0.490 e. The van der Waals surface area contributed by atoms with E-state index in [-0.39, 0.29) is 11.1 Å². The highest BCUT2D eigenvalue weighted by Gasteiger charge is 2.10. The highest BCUT2D eigenvalue weighted by Crippen LogP contribution is 2.37. The quantitative estimate of drug-likeness (QED) is 0.127. The van der Waals surface area contributed by atoms with Gasteiger partial charge in [0.05, 0.1) is 23.3 Å². The van der Waals surface area contributed by atoms with Crippen molar-refractivity contribution in [2.24, 2.45) is 11.1 Å². The minimum absolute atomic E-state index is 0.134. The van der Waals surface area contributed by atoms with Gasteiger partial charge >= 0.3 is 0 Å². The van der Waals surface area contributed by atoms with E-state index in [1.807, 2.05) is 0 Å². The van der Waals surface area contributed by atoms with E-state index in [1.54, 1.807) is 19.1 Å². The second kappa shape index (κ2) is 14.9. The molecule has 1 rings (SSSR count). The lowest BCUT2D eigenvalue weighted by Gasteiger charge is -2.12. The molecular formula is C20H27Cl4NO4. The third-order valence-corrected chi connectivity index (χ3v) is 4.28. The third-order valence-electron chi connectivity index (χ3n) is 3.41. The van der Waals surface area contributed by atoms with Crippen molar-refractivity contribution < 1.29 is 19.0 Å². The number of rotatable bonds is 13. The largest absolute Gasteiger partial charge is 0.490 e. The molecule has 0 aliphatic carbocycles. The van der Waals surface area contributed by atoms with Crippen molar-refractivity contribution in [3.63, 3.8) is 0 Å². The molecule has 0 N–H and O–H groups in total. The molecule has 0 unspecified atom stereocenters. The van der Waals surface area contributed by atoms with E-state index >= 15 is 0 Å². The molecule has 0 saturated heterocycles. The number of ether oxygens (including phenoxy) is 3. The van der Waals surface area contributed by atoms with Gasteiger partial charge in [0.25, 0.3) is 0 Å². The van der Waals surface area contributed by atoms with E-state index in [4.69, 9.17) is 65.5 Å². The van der Waals surface area contributed by atoms with Gasteiger partial charge in [0.15, 0.2) is 5.75 Å². The molecule has 0 bridgehead atoms. The number of halogens is 4. The van der Waals surface area contributed by atoms with E-state index in [1.165, 1.54) is 6.08 Å². The van der Waals surface area contributed by atoms with Gasteiger partial charge in [-0.3, -0.25) is 0 Å². The maximum absolute atomic E-state index is 6.23. The lowest BCUT2D eigenvalue weighted by molar-refractivity contribution is 0.108. The lowest BCUT2D eigenvalue weighted by atomic mass is 10.2. The van der Waals surface area contributed by atoms with Crippen molar-refractivity contribution in [3.8, 4) is 11.5 Å². The van der Waals surface area contributed by atoms with Crippen LogP contribution in [0.15, 0.2) is 27.9 Å². The van der Waals surface area contributed by atoms with Crippen molar-refractivity contribution in [1.82, 2.24) is 0 Å². The number of hydrogen-bond donors (Lipinski definition) is 0. The maximum Gasteiger partial charge on any atom is 0.222 e. The summed E-state index contributed by atoms with van der Waals surface area (Å²) in [6.07, 6.45) is 4.17. The van der Waals surface area contributed by atoms with Crippen LogP contribution in [0.3, 0.4) is 0 Å². The second-order valence-corrected chi connectivity index (χ2v) is 8.40. The molecule has 0 aliphatic heterocycles. The first-order chi connectivity index (χ1) is 13.8. The number of unbranched alkanes of at least 4 members (excludes halogenated alkanes) is 2. The van der Waals surface area contributed by atoms with E-state index in [2.05, 4.69) is 19.0 Å². The van der Waals surface area contributed by atoms with Gasteiger partial charge in [-0.25, -0.2) is 0 Å². The summed E-state index contributed by atoms with van der Waals surface area (Å²) in [6.45, 7) is 7.77. The summed E-state index contributed by atoms with van der Waals surface area (Å²) in [5.74, 6) is 1.91. The van der Waals surface area contributed by atoms with E-state index in [9.17, 15) is 0 Å². The third kappa shape index (κ3) is 12.3. The Balaban J connectivity index is 2.26. The van der Waals surface area contributed by atoms with Crippen LogP contribution in [0.4, 0.5) is 0 Å². The van der Waals surface area contributed by atoms with Crippen LogP contribution in [0.2, 0.25) is 10.0 Å². The smallest absolute Gasteiger partial charge is 0.222 e. The summed E-state index contributed by atoms with van der Waals surface area (Å²) in [4.78, 5) is 5.16. The van der Waals surface area contributed by atoms with Crippen LogP contribution in [0.1, 0.15) is 40.0 Å². The molecule has 0 aliphatic rings. The van der Waals surface area contributed by atoms with Crippen LogP contribution in [-0.4, -0.2) is 32.3 Å². The highest BCUT2D eigenvalue weighted by atomic mass is 35.5. The number of nitrogens with zero attached hydrogens (tertiary/aromatic N) is 1.